The average Bonchev–Trinajstić information content (AvgIpc) is 2.82. The van der Waals surface area contributed by atoms with Crippen molar-refractivity contribution in [2.24, 2.45) is 0 Å². The highest BCUT2D eigenvalue weighted by Gasteiger charge is 2.45. The molecule has 0 unspecified atom stereocenters. The number of nitrogens with zero attached hydrogens (tertiary/aromatic N) is 2. The fourth-order valence-corrected chi connectivity index (χ4v) is 4.10. The Bertz CT molecular complexity index is 703. The molecule has 1 saturated heterocycles. The summed E-state index contributed by atoms with van der Waals surface area (Å²) in [6, 6.07) is 8.51. The largest absolute Gasteiger partial charge is 0.376 e. The zero-order valence-electron chi connectivity index (χ0n) is 11.2. The summed E-state index contributed by atoms with van der Waals surface area (Å²) in [5.41, 5.74) is 0.427. The zero-order chi connectivity index (χ0) is 14.2. The molecule has 0 N–H and O–H groups in total. The molecular weight excluding hydrogens is 276 g/mol. The van der Waals surface area contributed by atoms with Gasteiger partial charge in [-0.05, 0) is 24.6 Å². The number of aryl methyl sites for hydroxylation is 1. The van der Waals surface area contributed by atoms with E-state index in [9.17, 15) is 8.42 Å². The maximum atomic E-state index is 12.5. The highest BCUT2D eigenvalue weighted by Crippen LogP contribution is 2.30. The quantitative estimate of drug-likeness (QED) is 0.854. The first-order valence-electron chi connectivity index (χ1n) is 6.39. The van der Waals surface area contributed by atoms with Gasteiger partial charge in [0.1, 0.15) is 5.54 Å². The molecule has 20 heavy (non-hydrogen) atoms. The van der Waals surface area contributed by atoms with Gasteiger partial charge in [0, 0.05) is 6.20 Å². The molecule has 6 heteroatoms. The topological polar surface area (TPSA) is 61.2 Å². The summed E-state index contributed by atoms with van der Waals surface area (Å²) >= 11 is 0. The van der Waals surface area contributed by atoms with Crippen molar-refractivity contribution in [2.75, 3.05) is 19.0 Å². The van der Waals surface area contributed by atoms with E-state index in [0.717, 1.165) is 5.56 Å². The lowest BCUT2D eigenvalue weighted by Gasteiger charge is -2.41. The van der Waals surface area contributed by atoms with Gasteiger partial charge < -0.3 is 4.74 Å². The third kappa shape index (κ3) is 2.25. The van der Waals surface area contributed by atoms with Gasteiger partial charge in [0.25, 0.3) is 0 Å². The van der Waals surface area contributed by atoms with Crippen LogP contribution >= 0.6 is 0 Å². The predicted octanol–water partition coefficient (Wildman–Crippen LogP) is 1.39. The number of ether oxygens (including phenoxy) is 1. The average molecular weight is 292 g/mol. The van der Waals surface area contributed by atoms with Crippen LogP contribution in [-0.2, 0) is 20.1 Å². The molecule has 3 rings (SSSR count). The standard InChI is InChI=1S/C14H16N2O3S/c1-12-7-15-16(8-12)14(9-19-10-14)11-20(17,18)13-5-3-2-4-6-13/h2-8H,9-11H2,1H3. The second-order valence-electron chi connectivity index (χ2n) is 5.25. The van der Waals surface area contributed by atoms with E-state index in [2.05, 4.69) is 5.10 Å². The van der Waals surface area contributed by atoms with E-state index in [-0.39, 0.29) is 5.75 Å². The number of rotatable bonds is 4. The molecule has 0 saturated carbocycles. The van der Waals surface area contributed by atoms with E-state index in [1.54, 1.807) is 41.2 Å². The van der Waals surface area contributed by atoms with Crippen molar-refractivity contribution in [1.29, 1.82) is 0 Å². The summed E-state index contributed by atoms with van der Waals surface area (Å²) in [5, 5.41) is 4.26. The summed E-state index contributed by atoms with van der Waals surface area (Å²) in [6.07, 6.45) is 3.60. The molecule has 1 fully saturated rings. The molecule has 0 spiro atoms. The van der Waals surface area contributed by atoms with Gasteiger partial charge >= 0.3 is 0 Å². The molecule has 0 bridgehead atoms. The van der Waals surface area contributed by atoms with Gasteiger partial charge in [-0.2, -0.15) is 5.10 Å². The van der Waals surface area contributed by atoms with Gasteiger partial charge in [-0.25, -0.2) is 8.42 Å². The minimum Gasteiger partial charge on any atom is -0.376 e. The minimum absolute atomic E-state index is 0.00509. The van der Waals surface area contributed by atoms with Gasteiger partial charge in [-0.3, -0.25) is 4.68 Å². The van der Waals surface area contributed by atoms with E-state index in [1.807, 2.05) is 13.1 Å². The Balaban J connectivity index is 1.93. The third-order valence-electron chi connectivity index (χ3n) is 3.50. The first-order chi connectivity index (χ1) is 9.52. The Kier molecular flexibility index (Phi) is 3.14. The van der Waals surface area contributed by atoms with Gasteiger partial charge in [-0.1, -0.05) is 18.2 Å². The zero-order valence-corrected chi connectivity index (χ0v) is 12.0. The molecule has 1 aliphatic rings. The maximum absolute atomic E-state index is 12.5. The molecule has 1 aliphatic heterocycles. The van der Waals surface area contributed by atoms with E-state index < -0.39 is 15.4 Å². The van der Waals surface area contributed by atoms with Crippen molar-refractivity contribution in [2.45, 2.75) is 17.4 Å². The molecule has 0 radical (unpaired) electrons. The molecule has 0 atom stereocenters. The second kappa shape index (κ2) is 4.71. The van der Waals surface area contributed by atoms with Crippen LogP contribution < -0.4 is 0 Å². The van der Waals surface area contributed by atoms with Crippen molar-refractivity contribution in [3.05, 3.63) is 48.3 Å². The van der Waals surface area contributed by atoms with E-state index >= 15 is 0 Å². The molecule has 1 aromatic carbocycles. The van der Waals surface area contributed by atoms with Crippen molar-refractivity contribution in [3.63, 3.8) is 0 Å². The third-order valence-corrected chi connectivity index (χ3v) is 5.41. The van der Waals surface area contributed by atoms with Crippen LogP contribution in [0.4, 0.5) is 0 Å². The number of sulfone groups is 1. The highest BCUT2D eigenvalue weighted by atomic mass is 32.2. The first kappa shape index (κ1) is 13.3. The van der Waals surface area contributed by atoms with Gasteiger partial charge in [0.15, 0.2) is 9.84 Å². The smallest absolute Gasteiger partial charge is 0.180 e. The van der Waals surface area contributed by atoms with Crippen LogP contribution in [0.5, 0.6) is 0 Å². The number of hydrogen-bond acceptors (Lipinski definition) is 4. The fraction of sp³-hybridized carbons (Fsp3) is 0.357. The fourth-order valence-electron chi connectivity index (χ4n) is 2.36. The Hall–Kier alpha value is -1.66. The lowest BCUT2D eigenvalue weighted by Crippen LogP contribution is -2.56. The van der Waals surface area contributed by atoms with Crippen LogP contribution in [0.3, 0.4) is 0 Å². The molecule has 0 aliphatic carbocycles. The van der Waals surface area contributed by atoms with E-state index in [0.29, 0.717) is 18.1 Å². The number of benzene rings is 1. The van der Waals surface area contributed by atoms with E-state index in [4.69, 9.17) is 4.74 Å². The van der Waals surface area contributed by atoms with Crippen molar-refractivity contribution in [1.82, 2.24) is 9.78 Å². The van der Waals surface area contributed by atoms with Crippen LogP contribution in [-0.4, -0.2) is 37.2 Å². The molecule has 5 nitrogen and oxygen atoms in total. The maximum Gasteiger partial charge on any atom is 0.180 e. The lowest BCUT2D eigenvalue weighted by atomic mass is 10.0. The Morgan fingerprint density at radius 1 is 1.30 bits per heavy atom. The first-order valence-corrected chi connectivity index (χ1v) is 8.04. The number of aromatic nitrogens is 2. The minimum atomic E-state index is -3.36. The van der Waals surface area contributed by atoms with Crippen LogP contribution in [0.15, 0.2) is 47.6 Å². The monoisotopic (exact) mass is 292 g/mol. The summed E-state index contributed by atoms with van der Waals surface area (Å²) in [4.78, 5) is 0.343. The molecule has 2 heterocycles. The predicted molar refractivity (Wildman–Crippen MR) is 74.3 cm³/mol. The Morgan fingerprint density at radius 3 is 2.50 bits per heavy atom. The summed E-state index contributed by atoms with van der Waals surface area (Å²) in [5.74, 6) is 0.00509. The SMILES string of the molecule is Cc1cnn(C2(CS(=O)(=O)c3ccccc3)COC2)c1. The van der Waals surface area contributed by atoms with Crippen LogP contribution in [0.1, 0.15) is 5.56 Å². The van der Waals surface area contributed by atoms with Crippen molar-refractivity contribution < 1.29 is 13.2 Å². The normalized spacial score (nSPS) is 17.6. The Morgan fingerprint density at radius 2 is 2.00 bits per heavy atom. The summed E-state index contributed by atoms with van der Waals surface area (Å²) < 4.78 is 32.0. The van der Waals surface area contributed by atoms with Gasteiger partial charge in [0.05, 0.1) is 30.1 Å². The molecule has 1 aromatic heterocycles. The second-order valence-corrected chi connectivity index (χ2v) is 7.24. The van der Waals surface area contributed by atoms with Gasteiger partial charge in [-0.15, -0.1) is 0 Å². The molecular formula is C14H16N2O3S. The molecule has 2 aromatic rings. The summed E-state index contributed by atoms with van der Waals surface area (Å²) in [6.45, 7) is 2.68. The van der Waals surface area contributed by atoms with Crippen LogP contribution in [0.25, 0.3) is 0 Å². The van der Waals surface area contributed by atoms with Gasteiger partial charge in [0.2, 0.25) is 0 Å². The lowest BCUT2D eigenvalue weighted by molar-refractivity contribution is -0.0935. The summed E-state index contributed by atoms with van der Waals surface area (Å²) in [7, 11) is -3.36. The van der Waals surface area contributed by atoms with Crippen molar-refractivity contribution >= 4 is 9.84 Å². The molecule has 0 amide bonds. The van der Waals surface area contributed by atoms with Crippen LogP contribution in [0.2, 0.25) is 0 Å². The van der Waals surface area contributed by atoms with E-state index in [1.165, 1.54) is 0 Å². The number of hydrogen-bond donors (Lipinski definition) is 0. The highest BCUT2D eigenvalue weighted by molar-refractivity contribution is 7.91. The Labute approximate surface area is 118 Å². The van der Waals surface area contributed by atoms with Crippen molar-refractivity contribution in [3.8, 4) is 0 Å². The molecule has 106 valence electrons. The van der Waals surface area contributed by atoms with Crippen LogP contribution in [0, 0.1) is 6.92 Å².